The maximum Gasteiger partial charge on any atom is 0.293 e. The monoisotopic (exact) mass is 328 g/mol. The first kappa shape index (κ1) is 17.5. The summed E-state index contributed by atoms with van der Waals surface area (Å²) in [4.78, 5) is 35.6. The molecule has 1 aromatic carbocycles. The normalized spacial score (nSPS) is 10.2. The Bertz CT molecular complexity index is 778. The van der Waals surface area contributed by atoms with Crippen molar-refractivity contribution in [3.05, 3.63) is 58.5 Å². The number of carbonyl (C=O) groups excluding carboxylic acids is 2. The number of ether oxygens (including phenoxy) is 1. The minimum absolute atomic E-state index is 0.0678. The molecule has 126 valence electrons. The van der Waals surface area contributed by atoms with Crippen LogP contribution in [0.25, 0.3) is 0 Å². The highest BCUT2D eigenvalue weighted by molar-refractivity contribution is 5.96. The molecule has 0 atom stereocenters. The third kappa shape index (κ3) is 4.55. The number of nitrogens with zero attached hydrogens (tertiary/aromatic N) is 1. The van der Waals surface area contributed by atoms with Crippen molar-refractivity contribution >= 4 is 17.4 Å². The topological polar surface area (TPSA) is 77.4 Å². The molecule has 24 heavy (non-hydrogen) atoms. The first-order valence-corrected chi connectivity index (χ1v) is 7.74. The molecule has 0 fully saturated rings. The molecule has 0 spiro atoms. The minimum atomic E-state index is -0.325. The fraction of sp³-hybridized carbons (Fsp3) is 0.278. The molecule has 6 heteroatoms. The van der Waals surface area contributed by atoms with E-state index in [0.717, 1.165) is 6.42 Å². The lowest BCUT2D eigenvalue weighted by atomic mass is 10.1. The summed E-state index contributed by atoms with van der Waals surface area (Å²) in [7, 11) is 0. The number of hydrogen-bond donors (Lipinski definition) is 1. The molecule has 0 unspecified atom stereocenters. The summed E-state index contributed by atoms with van der Waals surface area (Å²) < 4.78 is 6.71. The predicted molar refractivity (Wildman–Crippen MR) is 91.6 cm³/mol. The van der Waals surface area contributed by atoms with Gasteiger partial charge in [0.15, 0.2) is 11.5 Å². The van der Waals surface area contributed by atoms with Gasteiger partial charge in [0.25, 0.3) is 5.56 Å². The first-order valence-electron chi connectivity index (χ1n) is 7.74. The van der Waals surface area contributed by atoms with Crippen LogP contribution in [0.1, 0.15) is 30.6 Å². The molecule has 0 aliphatic rings. The number of nitrogens with one attached hydrogen (secondary N) is 1. The Morgan fingerprint density at radius 3 is 2.50 bits per heavy atom. The van der Waals surface area contributed by atoms with Crippen molar-refractivity contribution in [1.29, 1.82) is 0 Å². The fourth-order valence-electron chi connectivity index (χ4n) is 2.15. The van der Waals surface area contributed by atoms with Crippen LogP contribution in [0.2, 0.25) is 0 Å². The molecule has 0 radical (unpaired) electrons. The van der Waals surface area contributed by atoms with Crippen LogP contribution in [-0.2, 0) is 11.3 Å². The number of ketones is 1. The number of aromatic nitrogens is 1. The predicted octanol–water partition coefficient (Wildman–Crippen LogP) is 2.48. The van der Waals surface area contributed by atoms with Gasteiger partial charge in [0, 0.05) is 24.4 Å². The third-order valence-electron chi connectivity index (χ3n) is 3.29. The number of amides is 1. The summed E-state index contributed by atoms with van der Waals surface area (Å²) in [6.45, 7) is 3.76. The van der Waals surface area contributed by atoms with Crippen molar-refractivity contribution in [3.63, 3.8) is 0 Å². The van der Waals surface area contributed by atoms with E-state index in [1.165, 1.54) is 11.5 Å². The highest BCUT2D eigenvalue weighted by Gasteiger charge is 2.10. The van der Waals surface area contributed by atoms with E-state index in [2.05, 4.69) is 5.32 Å². The number of benzene rings is 1. The molecule has 6 nitrogen and oxygen atoms in total. The zero-order chi connectivity index (χ0) is 17.5. The number of Topliss-reactive ketones (excluding diaryl/α,β-unsaturated/α-hetero) is 1. The maximum absolute atomic E-state index is 12.3. The lowest BCUT2D eigenvalue weighted by Crippen LogP contribution is -2.25. The molecule has 1 N–H and O–H groups in total. The van der Waals surface area contributed by atoms with E-state index in [1.54, 1.807) is 42.6 Å². The smallest absolute Gasteiger partial charge is 0.293 e. The lowest BCUT2D eigenvalue weighted by molar-refractivity contribution is -0.114. The average molecular weight is 328 g/mol. The molecule has 2 aromatic rings. The third-order valence-corrected chi connectivity index (χ3v) is 3.29. The van der Waals surface area contributed by atoms with E-state index in [9.17, 15) is 14.4 Å². The molecule has 0 saturated carbocycles. The zero-order valence-corrected chi connectivity index (χ0v) is 13.7. The van der Waals surface area contributed by atoms with Gasteiger partial charge in [0.05, 0.1) is 13.2 Å². The number of carbonyl (C=O) groups is 2. The Balaban J connectivity index is 2.12. The van der Waals surface area contributed by atoms with Gasteiger partial charge in [-0.15, -0.1) is 0 Å². The second-order valence-corrected chi connectivity index (χ2v) is 5.34. The number of rotatable bonds is 7. The van der Waals surface area contributed by atoms with Crippen LogP contribution in [0, 0.1) is 0 Å². The largest absolute Gasteiger partial charge is 0.488 e. The Kier molecular flexibility index (Phi) is 5.89. The van der Waals surface area contributed by atoms with Crippen LogP contribution in [0.3, 0.4) is 0 Å². The van der Waals surface area contributed by atoms with Crippen molar-refractivity contribution in [2.75, 3.05) is 11.9 Å². The lowest BCUT2D eigenvalue weighted by Gasteiger charge is -2.09. The van der Waals surface area contributed by atoms with Gasteiger partial charge in [-0.25, -0.2) is 0 Å². The molecule has 0 aliphatic heterocycles. The van der Waals surface area contributed by atoms with Gasteiger partial charge < -0.3 is 14.6 Å². The summed E-state index contributed by atoms with van der Waals surface area (Å²) in [5, 5.41) is 2.63. The van der Waals surface area contributed by atoms with Crippen LogP contribution < -0.4 is 15.6 Å². The summed E-state index contributed by atoms with van der Waals surface area (Å²) in [6.07, 6.45) is 2.36. The van der Waals surface area contributed by atoms with E-state index in [0.29, 0.717) is 17.9 Å². The summed E-state index contributed by atoms with van der Waals surface area (Å²) in [6, 6.07) is 9.82. The fourth-order valence-corrected chi connectivity index (χ4v) is 2.15. The number of hydrogen-bond acceptors (Lipinski definition) is 4. The van der Waals surface area contributed by atoms with Gasteiger partial charge in [-0.3, -0.25) is 14.4 Å². The van der Waals surface area contributed by atoms with Crippen molar-refractivity contribution in [2.24, 2.45) is 0 Å². The highest BCUT2D eigenvalue weighted by Crippen LogP contribution is 2.11. The summed E-state index contributed by atoms with van der Waals surface area (Å²) >= 11 is 0. The van der Waals surface area contributed by atoms with Crippen LogP contribution in [0.15, 0.2) is 47.4 Å². The van der Waals surface area contributed by atoms with Crippen LogP contribution in [-0.4, -0.2) is 22.9 Å². The van der Waals surface area contributed by atoms with E-state index in [4.69, 9.17) is 4.74 Å². The standard InChI is InChI=1S/C18H20N2O4/c1-3-11-24-17-5-4-10-20(18(17)23)12-16(22)14-6-8-15(9-7-14)19-13(2)21/h4-10H,3,11-12H2,1-2H3,(H,19,21). The van der Waals surface area contributed by atoms with E-state index < -0.39 is 0 Å². The van der Waals surface area contributed by atoms with Crippen molar-refractivity contribution < 1.29 is 14.3 Å². The first-order chi connectivity index (χ1) is 11.5. The van der Waals surface area contributed by atoms with Crippen LogP contribution >= 0.6 is 0 Å². The summed E-state index contributed by atoms with van der Waals surface area (Å²) in [5.74, 6) is -0.128. The van der Waals surface area contributed by atoms with Crippen LogP contribution in [0.4, 0.5) is 5.69 Å². The van der Waals surface area contributed by atoms with Gasteiger partial charge >= 0.3 is 0 Å². The highest BCUT2D eigenvalue weighted by atomic mass is 16.5. The Hall–Kier alpha value is -2.89. The molecule has 1 amide bonds. The van der Waals surface area contributed by atoms with Crippen molar-refractivity contribution in [3.8, 4) is 5.75 Å². The molecule has 1 aromatic heterocycles. The number of pyridine rings is 1. The SMILES string of the molecule is CCCOc1cccn(CC(=O)c2ccc(NC(C)=O)cc2)c1=O. The van der Waals surface area contributed by atoms with Crippen molar-refractivity contribution in [1.82, 2.24) is 4.57 Å². The molecular weight excluding hydrogens is 308 g/mol. The van der Waals surface area contributed by atoms with Gasteiger partial charge in [-0.05, 0) is 42.8 Å². The van der Waals surface area contributed by atoms with Gasteiger partial charge in [0.2, 0.25) is 5.91 Å². The second kappa shape index (κ2) is 8.10. The minimum Gasteiger partial charge on any atom is -0.488 e. The van der Waals surface area contributed by atoms with E-state index in [-0.39, 0.29) is 29.5 Å². The Morgan fingerprint density at radius 2 is 1.88 bits per heavy atom. The molecule has 0 bridgehead atoms. The average Bonchev–Trinajstić information content (AvgIpc) is 2.55. The molecule has 0 aliphatic carbocycles. The van der Waals surface area contributed by atoms with Crippen molar-refractivity contribution in [2.45, 2.75) is 26.8 Å². The van der Waals surface area contributed by atoms with E-state index in [1.807, 2.05) is 6.92 Å². The molecule has 2 rings (SSSR count). The van der Waals surface area contributed by atoms with Crippen LogP contribution in [0.5, 0.6) is 5.75 Å². The van der Waals surface area contributed by atoms with E-state index >= 15 is 0 Å². The second-order valence-electron chi connectivity index (χ2n) is 5.34. The van der Waals surface area contributed by atoms with Gasteiger partial charge in [-0.1, -0.05) is 6.92 Å². The summed E-state index contributed by atoms with van der Waals surface area (Å²) in [5.41, 5.74) is 0.760. The van der Waals surface area contributed by atoms with Gasteiger partial charge in [-0.2, -0.15) is 0 Å². The Labute approximate surface area is 140 Å². The quantitative estimate of drug-likeness (QED) is 0.792. The Morgan fingerprint density at radius 1 is 1.17 bits per heavy atom. The zero-order valence-electron chi connectivity index (χ0n) is 13.7. The molecular formula is C18H20N2O4. The molecule has 1 heterocycles. The molecule has 0 saturated heterocycles. The number of anilines is 1. The maximum atomic E-state index is 12.3. The van der Waals surface area contributed by atoms with Gasteiger partial charge in [0.1, 0.15) is 0 Å².